The van der Waals surface area contributed by atoms with E-state index in [1.165, 1.54) is 6.07 Å². The van der Waals surface area contributed by atoms with Crippen LogP contribution in [-0.2, 0) is 16.0 Å². The molecule has 0 spiro atoms. The van der Waals surface area contributed by atoms with E-state index in [1.54, 1.807) is 24.3 Å². The molecule has 0 radical (unpaired) electrons. The highest BCUT2D eigenvalue weighted by atomic mass is 19.1. The van der Waals surface area contributed by atoms with Crippen molar-refractivity contribution in [3.05, 3.63) is 47.8 Å². The SMILES string of the molecule is O=C(O)CCCCCCN1C(=O)CC[C@@H]1/C=C/[C@@H](O)Cc1ccccc1F. The van der Waals surface area contributed by atoms with Gasteiger partial charge < -0.3 is 15.1 Å². The average Bonchev–Trinajstić information content (AvgIpc) is 2.98. The lowest BCUT2D eigenvalue weighted by atomic mass is 10.1. The van der Waals surface area contributed by atoms with E-state index in [9.17, 15) is 19.1 Å². The number of halogens is 1. The maximum Gasteiger partial charge on any atom is 0.303 e. The monoisotopic (exact) mass is 377 g/mol. The Morgan fingerprint density at radius 1 is 1.26 bits per heavy atom. The second kappa shape index (κ2) is 10.8. The molecule has 1 aromatic carbocycles. The number of aliphatic hydroxyl groups is 1. The molecule has 0 unspecified atom stereocenters. The number of aliphatic hydroxyl groups excluding tert-OH is 1. The van der Waals surface area contributed by atoms with Crippen LogP contribution in [0.2, 0.25) is 0 Å². The summed E-state index contributed by atoms with van der Waals surface area (Å²) in [5.74, 6) is -0.992. The van der Waals surface area contributed by atoms with E-state index in [-0.39, 0.29) is 30.6 Å². The molecule has 5 nitrogen and oxygen atoms in total. The van der Waals surface area contributed by atoms with Crippen molar-refractivity contribution in [3.63, 3.8) is 0 Å². The minimum absolute atomic E-state index is 0.0354. The van der Waals surface area contributed by atoms with Gasteiger partial charge in [-0.25, -0.2) is 4.39 Å². The molecule has 2 rings (SSSR count). The fraction of sp³-hybridized carbons (Fsp3) is 0.524. The molecular weight excluding hydrogens is 349 g/mol. The van der Waals surface area contributed by atoms with Gasteiger partial charge in [0.05, 0.1) is 12.1 Å². The van der Waals surface area contributed by atoms with Crippen molar-refractivity contribution in [2.45, 2.75) is 63.5 Å². The fourth-order valence-corrected chi connectivity index (χ4v) is 3.37. The van der Waals surface area contributed by atoms with E-state index in [0.717, 1.165) is 25.7 Å². The Balaban J connectivity index is 1.78. The van der Waals surface area contributed by atoms with E-state index < -0.39 is 12.1 Å². The molecule has 6 heteroatoms. The summed E-state index contributed by atoms with van der Waals surface area (Å²) < 4.78 is 13.7. The van der Waals surface area contributed by atoms with Gasteiger partial charge in [0.2, 0.25) is 5.91 Å². The fourth-order valence-electron chi connectivity index (χ4n) is 3.37. The average molecular weight is 377 g/mol. The number of unbranched alkanes of at least 4 members (excludes halogenated alkanes) is 3. The molecule has 1 heterocycles. The van der Waals surface area contributed by atoms with Gasteiger partial charge in [-0.3, -0.25) is 9.59 Å². The Labute approximate surface area is 159 Å². The zero-order valence-electron chi connectivity index (χ0n) is 15.5. The molecule has 1 aromatic rings. The van der Waals surface area contributed by atoms with Gasteiger partial charge in [0, 0.05) is 25.8 Å². The third-order valence-corrected chi connectivity index (χ3v) is 4.86. The van der Waals surface area contributed by atoms with Gasteiger partial charge >= 0.3 is 5.97 Å². The van der Waals surface area contributed by atoms with Gasteiger partial charge in [0.15, 0.2) is 0 Å². The summed E-state index contributed by atoms with van der Waals surface area (Å²) in [5, 5.41) is 18.8. The van der Waals surface area contributed by atoms with Crippen LogP contribution in [-0.4, -0.2) is 45.7 Å². The minimum Gasteiger partial charge on any atom is -0.481 e. The summed E-state index contributed by atoms with van der Waals surface area (Å²) in [6, 6.07) is 6.35. The second-order valence-corrected chi connectivity index (χ2v) is 7.00. The number of amides is 1. The Hall–Kier alpha value is -2.21. The minimum atomic E-state index is -0.796. The highest BCUT2D eigenvalue weighted by Gasteiger charge is 2.28. The number of carbonyl (C=O) groups is 2. The molecule has 148 valence electrons. The van der Waals surface area contributed by atoms with Crippen molar-refractivity contribution >= 4 is 11.9 Å². The Morgan fingerprint density at radius 3 is 2.74 bits per heavy atom. The molecular formula is C21H28FNO4. The highest BCUT2D eigenvalue weighted by molar-refractivity contribution is 5.79. The van der Waals surface area contributed by atoms with Crippen LogP contribution in [0.15, 0.2) is 36.4 Å². The first-order valence-electron chi connectivity index (χ1n) is 9.58. The van der Waals surface area contributed by atoms with Gasteiger partial charge in [-0.1, -0.05) is 43.2 Å². The smallest absolute Gasteiger partial charge is 0.303 e. The number of hydrogen-bond donors (Lipinski definition) is 2. The number of benzene rings is 1. The molecule has 1 fully saturated rings. The molecule has 0 saturated carbocycles. The van der Waals surface area contributed by atoms with Crippen LogP contribution in [0.4, 0.5) is 4.39 Å². The summed E-state index contributed by atoms with van der Waals surface area (Å²) in [6.45, 7) is 0.643. The molecule has 1 amide bonds. The summed E-state index contributed by atoms with van der Waals surface area (Å²) in [6.07, 6.45) is 7.55. The zero-order valence-corrected chi connectivity index (χ0v) is 15.5. The lowest BCUT2D eigenvalue weighted by molar-refractivity contribution is -0.137. The number of rotatable bonds is 11. The number of hydrogen-bond acceptors (Lipinski definition) is 3. The van der Waals surface area contributed by atoms with Crippen LogP contribution >= 0.6 is 0 Å². The quantitative estimate of drug-likeness (QED) is 0.458. The number of likely N-dealkylation sites (tertiary alicyclic amines) is 1. The first-order valence-corrected chi connectivity index (χ1v) is 9.58. The molecule has 1 aliphatic heterocycles. The van der Waals surface area contributed by atoms with E-state index in [0.29, 0.717) is 24.9 Å². The topological polar surface area (TPSA) is 77.8 Å². The van der Waals surface area contributed by atoms with E-state index >= 15 is 0 Å². The van der Waals surface area contributed by atoms with Crippen LogP contribution in [0, 0.1) is 5.82 Å². The number of carbonyl (C=O) groups excluding carboxylic acids is 1. The molecule has 1 saturated heterocycles. The lowest BCUT2D eigenvalue weighted by Crippen LogP contribution is -2.32. The predicted molar refractivity (Wildman–Crippen MR) is 101 cm³/mol. The van der Waals surface area contributed by atoms with Crippen molar-refractivity contribution in [3.8, 4) is 0 Å². The molecule has 0 bridgehead atoms. The Kier molecular flexibility index (Phi) is 8.45. The number of aliphatic carboxylic acids is 1. The van der Waals surface area contributed by atoms with Crippen LogP contribution < -0.4 is 0 Å². The second-order valence-electron chi connectivity index (χ2n) is 7.00. The molecule has 2 atom stereocenters. The number of carboxylic acid groups (broad SMARTS) is 1. The third kappa shape index (κ3) is 7.13. The molecule has 0 aliphatic carbocycles. The molecule has 1 aliphatic rings. The van der Waals surface area contributed by atoms with E-state index in [2.05, 4.69) is 0 Å². The van der Waals surface area contributed by atoms with Crippen molar-refractivity contribution in [2.24, 2.45) is 0 Å². The normalized spacial score (nSPS) is 18.4. The molecule has 0 aromatic heterocycles. The maximum absolute atomic E-state index is 13.7. The molecule has 2 N–H and O–H groups in total. The molecule has 27 heavy (non-hydrogen) atoms. The van der Waals surface area contributed by atoms with Gasteiger partial charge in [0.1, 0.15) is 5.82 Å². The van der Waals surface area contributed by atoms with Crippen molar-refractivity contribution in [1.29, 1.82) is 0 Å². The summed E-state index contributed by atoms with van der Waals surface area (Å²) >= 11 is 0. The van der Waals surface area contributed by atoms with Crippen molar-refractivity contribution in [1.82, 2.24) is 4.90 Å². The maximum atomic E-state index is 13.7. The lowest BCUT2D eigenvalue weighted by Gasteiger charge is -2.22. The first kappa shape index (κ1) is 21.1. The Bertz CT molecular complexity index is 661. The van der Waals surface area contributed by atoms with E-state index in [4.69, 9.17) is 5.11 Å². The van der Waals surface area contributed by atoms with Gasteiger partial charge in [-0.2, -0.15) is 0 Å². The van der Waals surface area contributed by atoms with Gasteiger partial charge in [-0.15, -0.1) is 0 Å². The van der Waals surface area contributed by atoms with Crippen molar-refractivity contribution < 1.29 is 24.2 Å². The van der Waals surface area contributed by atoms with Crippen LogP contribution in [0.25, 0.3) is 0 Å². The largest absolute Gasteiger partial charge is 0.481 e. The van der Waals surface area contributed by atoms with Crippen LogP contribution in [0.5, 0.6) is 0 Å². The standard InChI is InChI=1S/C21H28FNO4/c22-19-8-5-4-7-16(19)15-18(24)12-10-17-11-13-20(25)23(17)14-6-2-1-3-9-21(26)27/h4-5,7-8,10,12,17-18,24H,1-3,6,9,11,13-15H2,(H,26,27)/b12-10+/t17-,18+/m0/s1. The first-order chi connectivity index (χ1) is 13.0. The van der Waals surface area contributed by atoms with Crippen LogP contribution in [0.1, 0.15) is 50.5 Å². The van der Waals surface area contributed by atoms with E-state index in [1.807, 2.05) is 11.0 Å². The van der Waals surface area contributed by atoms with Gasteiger partial charge in [-0.05, 0) is 30.9 Å². The number of carboxylic acids is 1. The number of nitrogens with zero attached hydrogens (tertiary/aromatic N) is 1. The summed E-state index contributed by atoms with van der Waals surface area (Å²) in [4.78, 5) is 24.4. The predicted octanol–water partition coefficient (Wildman–Crippen LogP) is 3.31. The highest BCUT2D eigenvalue weighted by Crippen LogP contribution is 2.21. The summed E-state index contributed by atoms with van der Waals surface area (Å²) in [5.41, 5.74) is 0.468. The third-order valence-electron chi connectivity index (χ3n) is 4.86. The Morgan fingerprint density at radius 2 is 2.00 bits per heavy atom. The van der Waals surface area contributed by atoms with Gasteiger partial charge in [0.25, 0.3) is 0 Å². The summed E-state index contributed by atoms with van der Waals surface area (Å²) in [7, 11) is 0. The van der Waals surface area contributed by atoms with Crippen LogP contribution in [0.3, 0.4) is 0 Å². The zero-order chi connectivity index (χ0) is 19.6. The van der Waals surface area contributed by atoms with Crippen molar-refractivity contribution in [2.75, 3.05) is 6.54 Å².